The van der Waals surface area contributed by atoms with Crippen LogP contribution in [0.5, 0.6) is 0 Å². The van der Waals surface area contributed by atoms with Gasteiger partial charge in [0.2, 0.25) is 0 Å². The Morgan fingerprint density at radius 2 is 1.83 bits per heavy atom. The number of nitrogens with zero attached hydrogens (tertiary/aromatic N) is 1. The van der Waals surface area contributed by atoms with Gasteiger partial charge in [0, 0.05) is 22.0 Å². The summed E-state index contributed by atoms with van der Waals surface area (Å²) in [5.41, 5.74) is 4.12. The SMILES string of the molecule is Cc1ccc(C(CNC(=O)c2oc3cc(Br)ccc3c2C)N2CCCCC2)cc1. The summed E-state index contributed by atoms with van der Waals surface area (Å²) < 4.78 is 6.83. The lowest BCUT2D eigenvalue weighted by molar-refractivity contribution is 0.0898. The van der Waals surface area contributed by atoms with Crippen LogP contribution in [0.4, 0.5) is 0 Å². The van der Waals surface area contributed by atoms with Crippen LogP contribution in [-0.2, 0) is 0 Å². The molecule has 1 atom stereocenters. The highest BCUT2D eigenvalue weighted by Gasteiger charge is 2.24. The third kappa shape index (κ3) is 4.41. The van der Waals surface area contributed by atoms with E-state index in [2.05, 4.69) is 57.3 Å². The number of amides is 1. The van der Waals surface area contributed by atoms with Gasteiger partial charge in [-0.1, -0.05) is 52.2 Å². The number of aryl methyl sites for hydroxylation is 2. The highest BCUT2D eigenvalue weighted by Crippen LogP contribution is 2.29. The molecule has 0 saturated carbocycles. The largest absolute Gasteiger partial charge is 0.451 e. The molecule has 3 aromatic rings. The fraction of sp³-hybridized carbons (Fsp3) is 0.375. The Hall–Kier alpha value is -2.11. The van der Waals surface area contributed by atoms with Gasteiger partial charge in [0.25, 0.3) is 5.91 Å². The number of fused-ring (bicyclic) bond motifs is 1. The molecule has 1 amide bonds. The normalized spacial score (nSPS) is 16.1. The number of hydrogen-bond acceptors (Lipinski definition) is 3. The number of carbonyl (C=O) groups is 1. The van der Waals surface area contributed by atoms with Crippen LogP contribution in [0.15, 0.2) is 51.4 Å². The molecule has 1 N–H and O–H groups in total. The Labute approximate surface area is 180 Å². The molecule has 0 aliphatic carbocycles. The monoisotopic (exact) mass is 454 g/mol. The molecule has 4 nitrogen and oxygen atoms in total. The summed E-state index contributed by atoms with van der Waals surface area (Å²) in [5.74, 6) is 0.253. The number of halogens is 1. The molecule has 1 aromatic heterocycles. The van der Waals surface area contributed by atoms with E-state index in [-0.39, 0.29) is 11.9 Å². The van der Waals surface area contributed by atoms with Crippen LogP contribution < -0.4 is 5.32 Å². The van der Waals surface area contributed by atoms with E-state index in [0.29, 0.717) is 12.3 Å². The minimum absolute atomic E-state index is 0.149. The maximum absolute atomic E-state index is 13.0. The zero-order valence-electron chi connectivity index (χ0n) is 17.0. The van der Waals surface area contributed by atoms with Gasteiger partial charge in [-0.15, -0.1) is 0 Å². The molecule has 0 spiro atoms. The molecule has 152 valence electrons. The number of piperidine rings is 1. The summed E-state index contributed by atoms with van der Waals surface area (Å²) >= 11 is 3.46. The minimum atomic E-state index is -0.149. The van der Waals surface area contributed by atoms with Crippen molar-refractivity contribution >= 4 is 32.8 Å². The number of likely N-dealkylation sites (tertiary alicyclic amines) is 1. The second-order valence-electron chi connectivity index (χ2n) is 7.93. The Balaban J connectivity index is 1.54. The second kappa shape index (κ2) is 8.72. The maximum atomic E-state index is 13.0. The van der Waals surface area contributed by atoms with Crippen LogP contribution >= 0.6 is 15.9 Å². The van der Waals surface area contributed by atoms with Crippen molar-refractivity contribution < 1.29 is 9.21 Å². The minimum Gasteiger partial charge on any atom is -0.451 e. The van der Waals surface area contributed by atoms with Crippen molar-refractivity contribution in [2.75, 3.05) is 19.6 Å². The number of rotatable bonds is 5. The summed E-state index contributed by atoms with van der Waals surface area (Å²) in [6, 6.07) is 14.7. The summed E-state index contributed by atoms with van der Waals surface area (Å²) in [7, 11) is 0. The first-order valence-corrected chi connectivity index (χ1v) is 11.1. The first-order valence-electron chi connectivity index (χ1n) is 10.3. The van der Waals surface area contributed by atoms with Crippen molar-refractivity contribution in [2.45, 2.75) is 39.2 Å². The van der Waals surface area contributed by atoms with E-state index < -0.39 is 0 Å². The Morgan fingerprint density at radius 3 is 2.55 bits per heavy atom. The molecule has 1 unspecified atom stereocenters. The Bertz CT molecular complexity index is 1000. The number of carbonyl (C=O) groups excluding carboxylic acids is 1. The van der Waals surface area contributed by atoms with Crippen LogP contribution in [-0.4, -0.2) is 30.4 Å². The number of hydrogen-bond donors (Lipinski definition) is 1. The lowest BCUT2D eigenvalue weighted by Gasteiger charge is -2.35. The van der Waals surface area contributed by atoms with Gasteiger partial charge in [0.05, 0.1) is 6.04 Å². The van der Waals surface area contributed by atoms with Crippen LogP contribution in [0.1, 0.15) is 52.5 Å². The van der Waals surface area contributed by atoms with Crippen molar-refractivity contribution in [2.24, 2.45) is 0 Å². The van der Waals surface area contributed by atoms with Crippen LogP contribution in [0.2, 0.25) is 0 Å². The van der Waals surface area contributed by atoms with Crippen molar-refractivity contribution in [3.8, 4) is 0 Å². The third-order valence-corrected chi connectivity index (χ3v) is 6.35. The van der Waals surface area contributed by atoms with Crippen molar-refractivity contribution in [3.05, 3.63) is 69.4 Å². The lowest BCUT2D eigenvalue weighted by Crippen LogP contribution is -2.40. The molecule has 1 fully saturated rings. The number of benzene rings is 2. The topological polar surface area (TPSA) is 45.5 Å². The summed E-state index contributed by atoms with van der Waals surface area (Å²) in [5, 5.41) is 4.12. The average Bonchev–Trinajstić information content (AvgIpc) is 3.06. The standard InChI is InChI=1S/C24H27BrN2O2/c1-16-6-8-18(9-7-16)21(27-12-4-3-5-13-27)15-26-24(28)23-17(2)20-11-10-19(25)14-22(20)29-23/h6-11,14,21H,3-5,12-13,15H2,1-2H3,(H,26,28). The molecule has 1 saturated heterocycles. The maximum Gasteiger partial charge on any atom is 0.287 e. The van der Waals surface area contributed by atoms with Crippen molar-refractivity contribution in [1.29, 1.82) is 0 Å². The van der Waals surface area contributed by atoms with Gasteiger partial charge in [-0.05, 0) is 63.5 Å². The highest BCUT2D eigenvalue weighted by atomic mass is 79.9. The van der Waals surface area contributed by atoms with Gasteiger partial charge < -0.3 is 9.73 Å². The van der Waals surface area contributed by atoms with E-state index in [1.165, 1.54) is 30.4 Å². The summed E-state index contributed by atoms with van der Waals surface area (Å²) in [6.45, 7) is 6.77. The lowest BCUT2D eigenvalue weighted by atomic mass is 10.0. The molecular formula is C24H27BrN2O2. The van der Waals surface area contributed by atoms with E-state index in [1.807, 2.05) is 25.1 Å². The molecule has 29 heavy (non-hydrogen) atoms. The average molecular weight is 455 g/mol. The molecule has 1 aliphatic heterocycles. The van der Waals surface area contributed by atoms with Crippen LogP contribution in [0.3, 0.4) is 0 Å². The van der Waals surface area contributed by atoms with Gasteiger partial charge in [0.15, 0.2) is 5.76 Å². The second-order valence-corrected chi connectivity index (χ2v) is 8.85. The van der Waals surface area contributed by atoms with Gasteiger partial charge >= 0.3 is 0 Å². The summed E-state index contributed by atoms with van der Waals surface area (Å²) in [4.78, 5) is 15.5. The predicted molar refractivity (Wildman–Crippen MR) is 120 cm³/mol. The smallest absolute Gasteiger partial charge is 0.287 e. The molecule has 0 bridgehead atoms. The molecule has 1 aliphatic rings. The van der Waals surface area contributed by atoms with E-state index in [9.17, 15) is 4.79 Å². The molecule has 2 heterocycles. The van der Waals surface area contributed by atoms with Crippen LogP contribution in [0.25, 0.3) is 11.0 Å². The zero-order valence-corrected chi connectivity index (χ0v) is 18.6. The molecule has 2 aromatic carbocycles. The van der Waals surface area contributed by atoms with Gasteiger partial charge in [-0.3, -0.25) is 9.69 Å². The van der Waals surface area contributed by atoms with E-state index >= 15 is 0 Å². The molecular weight excluding hydrogens is 428 g/mol. The highest BCUT2D eigenvalue weighted by molar-refractivity contribution is 9.10. The van der Waals surface area contributed by atoms with Crippen LogP contribution in [0, 0.1) is 13.8 Å². The quantitative estimate of drug-likeness (QED) is 0.532. The first kappa shape index (κ1) is 20.2. The third-order valence-electron chi connectivity index (χ3n) is 5.86. The summed E-state index contributed by atoms with van der Waals surface area (Å²) in [6.07, 6.45) is 3.72. The zero-order chi connectivity index (χ0) is 20.4. The molecule has 4 rings (SSSR count). The van der Waals surface area contributed by atoms with E-state index in [0.717, 1.165) is 34.1 Å². The molecule has 5 heteroatoms. The van der Waals surface area contributed by atoms with Gasteiger partial charge in [0.1, 0.15) is 5.58 Å². The van der Waals surface area contributed by atoms with Crippen molar-refractivity contribution in [3.63, 3.8) is 0 Å². The number of nitrogens with one attached hydrogen (secondary N) is 1. The van der Waals surface area contributed by atoms with E-state index in [1.54, 1.807) is 0 Å². The number of furan rings is 1. The van der Waals surface area contributed by atoms with Gasteiger partial charge in [-0.25, -0.2) is 0 Å². The Morgan fingerprint density at radius 1 is 1.10 bits per heavy atom. The van der Waals surface area contributed by atoms with Gasteiger partial charge in [-0.2, -0.15) is 0 Å². The Kier molecular flexibility index (Phi) is 6.07. The fourth-order valence-corrected chi connectivity index (χ4v) is 4.50. The molecule has 0 radical (unpaired) electrons. The van der Waals surface area contributed by atoms with Crippen molar-refractivity contribution in [1.82, 2.24) is 10.2 Å². The first-order chi connectivity index (χ1) is 14.0. The predicted octanol–water partition coefficient (Wildman–Crippen LogP) is 5.77. The van der Waals surface area contributed by atoms with E-state index in [4.69, 9.17) is 4.42 Å². The fourth-order valence-electron chi connectivity index (χ4n) is 4.16.